The Bertz CT molecular complexity index is 1880. The molecule has 444 valence electrons. The maximum absolute atomic E-state index is 13.0. The Morgan fingerprint density at radius 3 is 0.727 bits per heavy atom. The molecule has 0 aliphatic carbocycles. The van der Waals surface area contributed by atoms with Crippen LogP contribution in [-0.4, -0.2) is 317 Å². The second kappa shape index (κ2) is 29.8. The molecule has 0 aromatic heterocycles. The maximum Gasteiger partial charge on any atom is 0.335 e. The summed E-state index contributed by atoms with van der Waals surface area (Å²) in [6.45, 7) is -4.89. The Balaban J connectivity index is 1.14. The number of aliphatic hydroxyl groups is 10. The molecule has 11 N–H and O–H groups in total. The molecule has 5 aliphatic heterocycles. The summed E-state index contributed by atoms with van der Waals surface area (Å²) in [5.41, 5.74) is 0. The van der Waals surface area contributed by atoms with Crippen molar-refractivity contribution in [1.82, 2.24) is 0 Å². The number of carboxylic acid groups (broad SMARTS) is 1. The van der Waals surface area contributed by atoms with E-state index in [4.69, 9.17) is 71.1 Å². The zero-order valence-corrected chi connectivity index (χ0v) is 43.1. The molecule has 0 saturated carbocycles. The van der Waals surface area contributed by atoms with Gasteiger partial charge in [-0.05, 0) is 0 Å². The Morgan fingerprint density at radius 1 is 0.299 bits per heavy atom. The van der Waals surface area contributed by atoms with Gasteiger partial charge in [0.15, 0.2) is 30.5 Å². The van der Waals surface area contributed by atoms with Crippen LogP contribution in [-0.2, 0) is 95.0 Å². The standard InChI is InChI=1S/C46H74O31/c1-63-7-17-27(47)34(54)24(75-38(17)43(59)65-3)14-69-8-18-28(48)33(53)23(73-37(18)42(57)58)13-70-10-20-30(50)35(55)26(76-40(20)45(61)67-5)16-72-11-21-31(51)36(56)25(77-41(21)46(62)68-6)15-71-9-19-29(49)32(52)22(12-64-2)74-39(19)44(60)66-4/h17-41,47-56H,7-16H2,1-6H3,(H,57,58)/t17-,18-,19-,20-,21-,22-,23-,24-,25-,26-,27-,28-,29-,30-,31-,32?,33?,34?,35?,36?,37?,38?,39?,40?,41?/m1/s1. The molecule has 31 nitrogen and oxygen atoms in total. The van der Waals surface area contributed by atoms with Gasteiger partial charge in [-0.25, -0.2) is 24.0 Å². The number of carbonyl (C=O) groups is 5. The van der Waals surface area contributed by atoms with E-state index in [1.165, 1.54) is 14.2 Å². The third-order valence-electron chi connectivity index (χ3n) is 14.4. The third kappa shape index (κ3) is 15.1. The Morgan fingerprint density at radius 2 is 0.506 bits per heavy atom. The molecule has 5 aliphatic rings. The number of hydrogen-bond acceptors (Lipinski definition) is 30. The van der Waals surface area contributed by atoms with Crippen LogP contribution in [0.3, 0.4) is 0 Å². The van der Waals surface area contributed by atoms with Crippen molar-refractivity contribution in [1.29, 1.82) is 0 Å². The smallest absolute Gasteiger partial charge is 0.335 e. The maximum atomic E-state index is 13.0. The van der Waals surface area contributed by atoms with Gasteiger partial charge in [-0.1, -0.05) is 0 Å². The van der Waals surface area contributed by atoms with Crippen molar-refractivity contribution in [2.24, 2.45) is 29.6 Å². The van der Waals surface area contributed by atoms with Gasteiger partial charge >= 0.3 is 29.8 Å². The highest BCUT2D eigenvalue weighted by Gasteiger charge is 2.54. The molecule has 10 unspecified atom stereocenters. The van der Waals surface area contributed by atoms with Crippen molar-refractivity contribution in [3.63, 3.8) is 0 Å². The van der Waals surface area contributed by atoms with Crippen LogP contribution in [0.15, 0.2) is 0 Å². The number of esters is 4. The van der Waals surface area contributed by atoms with E-state index in [-0.39, 0.29) is 13.2 Å². The molecule has 0 aromatic rings. The van der Waals surface area contributed by atoms with Gasteiger partial charge in [-0.2, -0.15) is 0 Å². The molecular formula is C46H74O31. The first-order valence-corrected chi connectivity index (χ1v) is 24.5. The van der Waals surface area contributed by atoms with Crippen molar-refractivity contribution in [2.75, 3.05) is 109 Å². The average molecular weight is 1120 g/mol. The van der Waals surface area contributed by atoms with E-state index < -0.39 is 234 Å². The average Bonchev–Trinajstić information content (AvgIpc) is 3.41. The lowest BCUT2D eigenvalue weighted by molar-refractivity contribution is -0.249. The number of ether oxygens (including phenoxy) is 15. The summed E-state index contributed by atoms with van der Waals surface area (Å²) in [4.78, 5) is 63.3. The number of carboxylic acids is 1. The zero-order chi connectivity index (χ0) is 57.0. The molecule has 31 heteroatoms. The van der Waals surface area contributed by atoms with Gasteiger partial charge in [0.2, 0.25) is 0 Å². The highest BCUT2D eigenvalue weighted by Crippen LogP contribution is 2.34. The van der Waals surface area contributed by atoms with Crippen LogP contribution in [0.5, 0.6) is 0 Å². The van der Waals surface area contributed by atoms with E-state index in [0.29, 0.717) is 0 Å². The molecule has 25 atom stereocenters. The van der Waals surface area contributed by atoms with Crippen LogP contribution >= 0.6 is 0 Å². The lowest BCUT2D eigenvalue weighted by Crippen LogP contribution is -2.61. The summed E-state index contributed by atoms with van der Waals surface area (Å²) in [6.07, 6.45) is -31.6. The van der Waals surface area contributed by atoms with Gasteiger partial charge < -0.3 is 127 Å². The van der Waals surface area contributed by atoms with Crippen LogP contribution in [0, 0.1) is 29.6 Å². The third-order valence-corrected chi connectivity index (χ3v) is 14.4. The molecule has 5 heterocycles. The van der Waals surface area contributed by atoms with Crippen LogP contribution in [0.4, 0.5) is 0 Å². The molecule has 77 heavy (non-hydrogen) atoms. The van der Waals surface area contributed by atoms with E-state index in [2.05, 4.69) is 0 Å². The fourth-order valence-electron chi connectivity index (χ4n) is 9.99. The summed E-state index contributed by atoms with van der Waals surface area (Å²) in [7, 11) is 6.86. The number of carbonyl (C=O) groups excluding carboxylic acids is 4. The van der Waals surface area contributed by atoms with Gasteiger partial charge in [0.05, 0.1) is 125 Å². The Hall–Kier alpha value is -3.49. The SMILES string of the molecule is COC[C@H]1OC(C(=O)OC)[C@H](COC[C@H]2OC(C(=O)OC)[C@H](COC[C@H]3OC(C(=O)OC)[C@H](COC[C@H]4OC(C(=O)O)[C@H](COC[C@H]5OC(C(=O)OC)[C@H](COC)[C@@H](O)C5O)[C@@H](O)C4O)[C@@H](O)C3O)[C@@H](O)C2O)[C@@H](O)C1O. The zero-order valence-electron chi connectivity index (χ0n) is 43.1. The van der Waals surface area contributed by atoms with Gasteiger partial charge in [-0.3, -0.25) is 0 Å². The predicted octanol–water partition coefficient (Wildman–Crippen LogP) is -8.35. The normalized spacial score (nSPS) is 41.5. The molecule has 0 radical (unpaired) electrons. The summed E-state index contributed by atoms with van der Waals surface area (Å²) < 4.78 is 80.4. The topological polar surface area (TPSA) is 446 Å². The summed E-state index contributed by atoms with van der Waals surface area (Å²) in [5, 5.41) is 120. The van der Waals surface area contributed by atoms with Crippen molar-refractivity contribution < 1.29 is 151 Å². The van der Waals surface area contributed by atoms with Crippen molar-refractivity contribution >= 4 is 29.8 Å². The van der Waals surface area contributed by atoms with Gasteiger partial charge in [0.1, 0.15) is 61.0 Å². The summed E-state index contributed by atoms with van der Waals surface area (Å²) in [5.74, 6) is -11.7. The summed E-state index contributed by atoms with van der Waals surface area (Å²) in [6, 6.07) is 0. The van der Waals surface area contributed by atoms with Crippen molar-refractivity contribution in [3.8, 4) is 0 Å². The fraction of sp³-hybridized carbons (Fsp3) is 0.891. The highest BCUT2D eigenvalue weighted by atomic mass is 16.6. The second-order valence-electron chi connectivity index (χ2n) is 19.2. The number of hydrogen-bond donors (Lipinski definition) is 11. The number of methoxy groups -OCH3 is 6. The van der Waals surface area contributed by atoms with Crippen molar-refractivity contribution in [2.45, 2.75) is 122 Å². The molecule has 0 amide bonds. The van der Waals surface area contributed by atoms with Gasteiger partial charge in [0, 0.05) is 43.8 Å². The molecule has 5 saturated heterocycles. The first-order valence-electron chi connectivity index (χ1n) is 24.5. The minimum Gasteiger partial charge on any atom is -0.479 e. The fourth-order valence-corrected chi connectivity index (χ4v) is 9.99. The predicted molar refractivity (Wildman–Crippen MR) is 244 cm³/mol. The van der Waals surface area contributed by atoms with E-state index in [1.54, 1.807) is 0 Å². The van der Waals surface area contributed by atoms with Crippen LogP contribution < -0.4 is 0 Å². The Labute approximate surface area is 440 Å². The quantitative estimate of drug-likeness (QED) is 0.0299. The lowest BCUT2D eigenvalue weighted by Gasteiger charge is -2.44. The molecule has 5 rings (SSSR count). The minimum absolute atomic E-state index is 0.163. The first kappa shape index (κ1) is 64.3. The van der Waals surface area contributed by atoms with Crippen molar-refractivity contribution in [3.05, 3.63) is 0 Å². The monoisotopic (exact) mass is 1120 g/mol. The second-order valence-corrected chi connectivity index (χ2v) is 19.2. The highest BCUT2D eigenvalue weighted by molar-refractivity contribution is 5.77. The van der Waals surface area contributed by atoms with E-state index >= 15 is 0 Å². The molecular weight excluding hydrogens is 1050 g/mol. The number of aliphatic carboxylic acids is 1. The minimum atomic E-state index is -1.83. The summed E-state index contributed by atoms with van der Waals surface area (Å²) >= 11 is 0. The van der Waals surface area contributed by atoms with Gasteiger partial charge in [0.25, 0.3) is 0 Å². The van der Waals surface area contributed by atoms with Crippen LogP contribution in [0.25, 0.3) is 0 Å². The van der Waals surface area contributed by atoms with Gasteiger partial charge in [-0.15, -0.1) is 0 Å². The van der Waals surface area contributed by atoms with E-state index in [9.17, 15) is 80.1 Å². The van der Waals surface area contributed by atoms with E-state index in [0.717, 1.165) is 28.4 Å². The molecule has 5 fully saturated rings. The molecule has 0 spiro atoms. The number of aliphatic hydroxyl groups excluding tert-OH is 10. The molecule has 0 aromatic carbocycles. The number of rotatable bonds is 25. The van der Waals surface area contributed by atoms with Crippen LogP contribution in [0.1, 0.15) is 0 Å². The first-order chi connectivity index (χ1) is 36.6. The van der Waals surface area contributed by atoms with Crippen LogP contribution in [0.2, 0.25) is 0 Å². The van der Waals surface area contributed by atoms with E-state index in [1.807, 2.05) is 0 Å². The molecule has 0 bridgehead atoms. The largest absolute Gasteiger partial charge is 0.479 e. The lowest BCUT2D eigenvalue weighted by atomic mass is 9.86. The Kier molecular flexibility index (Phi) is 24.9.